The average molecular weight is 581 g/mol. The molecule has 15 nitrogen and oxygen atoms in total. The third kappa shape index (κ3) is 4.96. The first-order valence-corrected chi connectivity index (χ1v) is 14.8. The van der Waals surface area contributed by atoms with Gasteiger partial charge in [0.1, 0.15) is 24.5 Å². The zero-order chi connectivity index (χ0) is 25.5. The highest BCUT2D eigenvalue weighted by Crippen LogP contribution is 2.45. The van der Waals surface area contributed by atoms with Crippen molar-refractivity contribution in [3.05, 3.63) is 0 Å². The van der Waals surface area contributed by atoms with E-state index in [2.05, 4.69) is 33.5 Å². The molecule has 1 aromatic carbocycles. The van der Waals surface area contributed by atoms with E-state index in [0.29, 0.717) is 35.5 Å². The Hall–Kier alpha value is -0.880. The molecule has 0 saturated heterocycles. The molecule has 0 atom stereocenters. The van der Waals surface area contributed by atoms with Crippen molar-refractivity contribution in [1.82, 2.24) is 0 Å². The summed E-state index contributed by atoms with van der Waals surface area (Å²) in [6, 6.07) is 0. The van der Waals surface area contributed by atoms with E-state index in [1.165, 1.54) is 0 Å². The topological polar surface area (TPSA) is 217 Å². The van der Waals surface area contributed by atoms with Crippen LogP contribution in [0, 0.1) is 0 Å². The molecule has 186 valence electrons. The van der Waals surface area contributed by atoms with Gasteiger partial charge in [0, 0.05) is 4.90 Å². The second-order valence-electron chi connectivity index (χ2n) is 5.10. The van der Waals surface area contributed by atoms with Crippen LogP contribution in [0.1, 0.15) is 0 Å². The SMILES string of the molecule is COS(=O)(=O)c1c(S)c(S(=O)(=O)OC)c(S(=O)(=O)OC)c(S(=O)(=O)OC)c1S(=O)(=O)OC. The summed E-state index contributed by atoms with van der Waals surface area (Å²) in [6.45, 7) is 0. The summed E-state index contributed by atoms with van der Waals surface area (Å²) in [5, 5.41) is 0. The molecule has 0 spiro atoms. The van der Waals surface area contributed by atoms with Crippen LogP contribution in [-0.4, -0.2) is 77.6 Å². The van der Waals surface area contributed by atoms with Crippen LogP contribution < -0.4 is 0 Å². The lowest BCUT2D eigenvalue weighted by atomic mass is 10.3. The molecule has 0 radical (unpaired) electrons. The Morgan fingerprint density at radius 3 is 0.750 bits per heavy atom. The van der Waals surface area contributed by atoms with E-state index in [4.69, 9.17) is 0 Å². The first kappa shape index (κ1) is 29.2. The second kappa shape index (κ2) is 9.40. The van der Waals surface area contributed by atoms with Crippen LogP contribution in [0.5, 0.6) is 0 Å². The maximum Gasteiger partial charge on any atom is 0.299 e. The fraction of sp³-hybridized carbons (Fsp3) is 0.455. The van der Waals surface area contributed by atoms with Crippen LogP contribution in [0.4, 0.5) is 0 Å². The minimum Gasteiger partial charge on any atom is -0.270 e. The highest BCUT2D eigenvalue weighted by Gasteiger charge is 2.47. The molecule has 0 aliphatic carbocycles. The van der Waals surface area contributed by atoms with Crippen molar-refractivity contribution in [2.45, 2.75) is 29.4 Å². The molecular weight excluding hydrogens is 565 g/mol. The van der Waals surface area contributed by atoms with Crippen molar-refractivity contribution in [3.8, 4) is 0 Å². The minimum atomic E-state index is -5.54. The number of rotatable bonds is 10. The minimum absolute atomic E-state index is 0.450. The van der Waals surface area contributed by atoms with E-state index in [1.54, 1.807) is 0 Å². The van der Waals surface area contributed by atoms with Crippen molar-refractivity contribution in [2.75, 3.05) is 35.5 Å². The van der Waals surface area contributed by atoms with Gasteiger partial charge in [-0.15, -0.1) is 12.6 Å². The average Bonchev–Trinajstić information content (AvgIpc) is 2.71. The van der Waals surface area contributed by atoms with Crippen LogP contribution >= 0.6 is 12.6 Å². The summed E-state index contributed by atoms with van der Waals surface area (Å²) in [5.74, 6) is 0. The van der Waals surface area contributed by atoms with E-state index in [0.717, 1.165) is 0 Å². The van der Waals surface area contributed by atoms with Crippen LogP contribution in [0.3, 0.4) is 0 Å². The van der Waals surface area contributed by atoms with Gasteiger partial charge in [0.05, 0.1) is 35.5 Å². The van der Waals surface area contributed by atoms with Gasteiger partial charge in [0.2, 0.25) is 0 Å². The Labute approximate surface area is 190 Å². The van der Waals surface area contributed by atoms with Gasteiger partial charge >= 0.3 is 0 Å². The lowest BCUT2D eigenvalue weighted by Crippen LogP contribution is -2.25. The summed E-state index contributed by atoms with van der Waals surface area (Å²) in [4.78, 5) is -10.5. The predicted octanol–water partition coefficient (Wildman–Crippen LogP) is -1.35. The summed E-state index contributed by atoms with van der Waals surface area (Å²) >= 11 is 3.67. The molecule has 0 unspecified atom stereocenters. The molecule has 0 bridgehead atoms. The van der Waals surface area contributed by atoms with E-state index in [9.17, 15) is 42.1 Å². The molecule has 1 rings (SSSR count). The molecule has 0 aromatic heterocycles. The fourth-order valence-corrected chi connectivity index (χ4v) is 10.1. The third-order valence-corrected chi connectivity index (χ3v) is 11.6. The van der Waals surface area contributed by atoms with Crippen molar-refractivity contribution in [1.29, 1.82) is 0 Å². The van der Waals surface area contributed by atoms with Crippen LogP contribution in [0.25, 0.3) is 0 Å². The van der Waals surface area contributed by atoms with Gasteiger partial charge in [-0.25, -0.2) is 0 Å². The zero-order valence-corrected chi connectivity index (χ0v) is 21.6. The van der Waals surface area contributed by atoms with Crippen molar-refractivity contribution in [2.24, 2.45) is 0 Å². The Morgan fingerprint density at radius 2 is 0.562 bits per heavy atom. The maximum absolute atomic E-state index is 12.7. The number of thiol groups is 1. The first-order valence-electron chi connectivity index (χ1n) is 7.29. The largest absolute Gasteiger partial charge is 0.299 e. The van der Waals surface area contributed by atoms with E-state index < -0.39 is 80.0 Å². The molecule has 0 heterocycles. The Balaban J connectivity index is 5.10. The standard InChI is InChI=1S/C11H16O15S6/c1-22-28(12,13)7-6(27)8(29(14,15)23-2)10(31(18,19)25-4)11(32(20,21)26-5)9(7)30(16,17)24-3/h27H,1-5H3. The highest BCUT2D eigenvalue weighted by atomic mass is 32.2. The van der Waals surface area contributed by atoms with Gasteiger partial charge < -0.3 is 0 Å². The molecule has 0 N–H and O–H groups in total. The van der Waals surface area contributed by atoms with Crippen LogP contribution in [0.15, 0.2) is 29.4 Å². The van der Waals surface area contributed by atoms with Gasteiger partial charge in [0.25, 0.3) is 50.6 Å². The van der Waals surface area contributed by atoms with Gasteiger partial charge in [0.15, 0.2) is 0 Å². The normalized spacial score (nSPS) is 13.9. The van der Waals surface area contributed by atoms with Gasteiger partial charge in [-0.2, -0.15) is 42.1 Å². The molecule has 1 aromatic rings. The van der Waals surface area contributed by atoms with E-state index in [1.807, 2.05) is 0 Å². The quantitative estimate of drug-likeness (QED) is 0.250. The monoisotopic (exact) mass is 580 g/mol. The summed E-state index contributed by atoms with van der Waals surface area (Å²) in [7, 11) is -24.6. The highest BCUT2D eigenvalue weighted by molar-refractivity contribution is 7.94. The Morgan fingerprint density at radius 1 is 0.406 bits per heavy atom. The molecular formula is C11H16O15S6. The molecule has 21 heteroatoms. The summed E-state index contributed by atoms with van der Waals surface area (Å²) in [5.41, 5.74) is 0. The molecule has 0 saturated carbocycles. The second-order valence-corrected chi connectivity index (χ2v) is 13.8. The smallest absolute Gasteiger partial charge is 0.270 e. The van der Waals surface area contributed by atoms with Gasteiger partial charge in [-0.3, -0.25) is 20.9 Å². The lowest BCUT2D eigenvalue weighted by Gasteiger charge is -2.21. The van der Waals surface area contributed by atoms with Gasteiger partial charge in [-0.1, -0.05) is 0 Å². The number of hydrogen-bond acceptors (Lipinski definition) is 16. The van der Waals surface area contributed by atoms with E-state index >= 15 is 0 Å². The zero-order valence-electron chi connectivity index (χ0n) is 16.6. The Kier molecular flexibility index (Phi) is 8.57. The summed E-state index contributed by atoms with van der Waals surface area (Å²) in [6.07, 6.45) is 0. The first-order chi connectivity index (χ1) is 14.3. The number of benzene rings is 1. The lowest BCUT2D eigenvalue weighted by molar-refractivity contribution is 0.362. The van der Waals surface area contributed by atoms with Crippen molar-refractivity contribution >= 4 is 63.2 Å². The fourth-order valence-electron chi connectivity index (χ4n) is 2.19. The number of hydrogen-bond donors (Lipinski definition) is 1. The van der Waals surface area contributed by atoms with Crippen molar-refractivity contribution in [3.63, 3.8) is 0 Å². The van der Waals surface area contributed by atoms with E-state index in [-0.39, 0.29) is 0 Å². The molecule has 0 amide bonds. The Bertz CT molecular complexity index is 1360. The molecule has 32 heavy (non-hydrogen) atoms. The maximum atomic E-state index is 12.7. The third-order valence-electron chi connectivity index (χ3n) is 3.60. The predicted molar refractivity (Wildman–Crippen MR) is 105 cm³/mol. The van der Waals surface area contributed by atoms with Crippen LogP contribution in [-0.2, 0) is 71.5 Å². The molecule has 0 fully saturated rings. The van der Waals surface area contributed by atoms with Gasteiger partial charge in [-0.05, 0) is 0 Å². The van der Waals surface area contributed by atoms with Crippen LogP contribution in [0.2, 0.25) is 0 Å². The van der Waals surface area contributed by atoms with Crippen molar-refractivity contribution < 1.29 is 63.0 Å². The summed E-state index contributed by atoms with van der Waals surface area (Å²) < 4.78 is 147. The molecule has 0 aliphatic heterocycles. The molecule has 0 aliphatic rings.